The Morgan fingerprint density at radius 1 is 1.32 bits per heavy atom. The molecule has 0 aliphatic rings. The van der Waals surface area contributed by atoms with Gasteiger partial charge in [0, 0.05) is 11.6 Å². The quantitative estimate of drug-likeness (QED) is 0.806. The van der Waals surface area contributed by atoms with Gasteiger partial charge in [0.2, 0.25) is 0 Å². The van der Waals surface area contributed by atoms with Crippen LogP contribution in [0.25, 0.3) is 10.9 Å². The van der Waals surface area contributed by atoms with E-state index in [1.807, 2.05) is 24.3 Å². The molecule has 0 fully saturated rings. The number of rotatable bonds is 6. The largest absolute Gasteiger partial charge is 0.492 e. The van der Waals surface area contributed by atoms with Crippen LogP contribution in [-0.4, -0.2) is 22.7 Å². The summed E-state index contributed by atoms with van der Waals surface area (Å²) in [6.07, 6.45) is 4.46. The zero-order valence-electron chi connectivity index (χ0n) is 10.9. The van der Waals surface area contributed by atoms with Crippen LogP contribution in [-0.2, 0) is 0 Å². The molecule has 0 saturated carbocycles. The summed E-state index contributed by atoms with van der Waals surface area (Å²) < 4.78 is 5.69. The Hall–Kier alpha value is -2.10. The summed E-state index contributed by atoms with van der Waals surface area (Å²) in [7, 11) is 0. The van der Waals surface area contributed by atoms with Crippen molar-refractivity contribution in [2.45, 2.75) is 26.2 Å². The third-order valence-corrected chi connectivity index (χ3v) is 2.95. The average molecular weight is 259 g/mol. The molecule has 0 bridgehead atoms. The van der Waals surface area contributed by atoms with Crippen LogP contribution in [0, 0.1) is 0 Å². The van der Waals surface area contributed by atoms with Gasteiger partial charge in [-0.05, 0) is 18.6 Å². The van der Waals surface area contributed by atoms with Crippen LogP contribution < -0.4 is 4.74 Å². The minimum Gasteiger partial charge on any atom is -0.492 e. The van der Waals surface area contributed by atoms with Crippen molar-refractivity contribution >= 4 is 16.9 Å². The second-order valence-electron chi connectivity index (χ2n) is 4.38. The van der Waals surface area contributed by atoms with Gasteiger partial charge in [-0.3, -0.25) is 4.98 Å². The number of hydrogen-bond acceptors (Lipinski definition) is 3. The number of benzene rings is 1. The van der Waals surface area contributed by atoms with Gasteiger partial charge in [-0.15, -0.1) is 0 Å². The van der Waals surface area contributed by atoms with Gasteiger partial charge in [0.05, 0.1) is 12.1 Å². The molecule has 4 nitrogen and oxygen atoms in total. The van der Waals surface area contributed by atoms with Crippen LogP contribution in [0.5, 0.6) is 5.75 Å². The topological polar surface area (TPSA) is 59.4 Å². The Morgan fingerprint density at radius 3 is 2.84 bits per heavy atom. The number of carboxylic acid groups (broad SMARTS) is 1. The van der Waals surface area contributed by atoms with Crippen molar-refractivity contribution in [2.24, 2.45) is 0 Å². The van der Waals surface area contributed by atoms with Crippen molar-refractivity contribution in [3.63, 3.8) is 0 Å². The van der Waals surface area contributed by atoms with Crippen molar-refractivity contribution in [2.75, 3.05) is 6.61 Å². The van der Waals surface area contributed by atoms with Crippen LogP contribution >= 0.6 is 0 Å². The number of aromatic carboxylic acids is 1. The first-order chi connectivity index (χ1) is 9.24. The predicted octanol–water partition coefficient (Wildman–Crippen LogP) is 3.50. The number of aromatic nitrogens is 1. The van der Waals surface area contributed by atoms with Crippen LogP contribution in [0.15, 0.2) is 30.5 Å². The average Bonchev–Trinajstić information content (AvgIpc) is 2.43. The zero-order valence-corrected chi connectivity index (χ0v) is 10.9. The molecule has 0 aliphatic heterocycles. The monoisotopic (exact) mass is 259 g/mol. The van der Waals surface area contributed by atoms with E-state index in [9.17, 15) is 9.90 Å². The first-order valence-corrected chi connectivity index (χ1v) is 6.48. The summed E-state index contributed by atoms with van der Waals surface area (Å²) in [5.41, 5.74) is 0.869. The highest BCUT2D eigenvalue weighted by molar-refractivity contribution is 5.98. The molecule has 0 spiro atoms. The standard InChI is InChI=1S/C15H17NO3/c1-2-3-6-9-19-14-11-7-4-5-8-13(11)16-10-12(14)15(17)18/h4-5,7-8,10H,2-3,6,9H2,1H3,(H,17,18). The lowest BCUT2D eigenvalue weighted by atomic mass is 10.1. The van der Waals surface area contributed by atoms with Gasteiger partial charge in [0.15, 0.2) is 0 Å². The molecule has 2 aromatic rings. The van der Waals surface area contributed by atoms with E-state index in [0.717, 1.165) is 30.2 Å². The van der Waals surface area contributed by atoms with E-state index in [1.165, 1.54) is 6.20 Å². The fourth-order valence-corrected chi connectivity index (χ4v) is 1.95. The number of unbranched alkanes of at least 4 members (excludes halogenated alkanes) is 2. The number of pyridine rings is 1. The van der Waals surface area contributed by atoms with E-state index in [4.69, 9.17) is 4.74 Å². The maximum absolute atomic E-state index is 11.2. The minimum absolute atomic E-state index is 0.121. The molecule has 0 unspecified atom stereocenters. The van der Waals surface area contributed by atoms with Crippen molar-refractivity contribution in [3.05, 3.63) is 36.0 Å². The van der Waals surface area contributed by atoms with E-state index in [1.54, 1.807) is 0 Å². The molecule has 0 aliphatic carbocycles. The van der Waals surface area contributed by atoms with Crippen LogP contribution in [0.4, 0.5) is 0 Å². The molecular formula is C15H17NO3. The summed E-state index contributed by atoms with van der Waals surface area (Å²) in [6.45, 7) is 2.65. The number of nitrogens with zero attached hydrogens (tertiary/aromatic N) is 1. The Morgan fingerprint density at radius 2 is 2.11 bits per heavy atom. The molecule has 0 radical (unpaired) electrons. The fourth-order valence-electron chi connectivity index (χ4n) is 1.95. The fraction of sp³-hybridized carbons (Fsp3) is 0.333. The van der Waals surface area contributed by atoms with Crippen molar-refractivity contribution in [3.8, 4) is 5.75 Å². The molecule has 1 aromatic heterocycles. The number of carbonyl (C=O) groups is 1. The van der Waals surface area contributed by atoms with Gasteiger partial charge in [-0.2, -0.15) is 0 Å². The second kappa shape index (κ2) is 6.18. The molecular weight excluding hydrogens is 242 g/mol. The van der Waals surface area contributed by atoms with E-state index in [0.29, 0.717) is 12.4 Å². The lowest BCUT2D eigenvalue weighted by Crippen LogP contribution is -2.06. The van der Waals surface area contributed by atoms with Crippen LogP contribution in [0.1, 0.15) is 36.5 Å². The van der Waals surface area contributed by atoms with Gasteiger partial charge in [-0.25, -0.2) is 4.79 Å². The highest BCUT2D eigenvalue weighted by Crippen LogP contribution is 2.28. The van der Waals surface area contributed by atoms with E-state index >= 15 is 0 Å². The molecule has 2 rings (SSSR count). The molecule has 4 heteroatoms. The Balaban J connectivity index is 2.35. The summed E-state index contributed by atoms with van der Waals surface area (Å²) >= 11 is 0. The smallest absolute Gasteiger partial charge is 0.341 e. The SMILES string of the molecule is CCCCCOc1c(C(=O)O)cnc2ccccc12. The highest BCUT2D eigenvalue weighted by atomic mass is 16.5. The Bertz CT molecular complexity index is 581. The predicted molar refractivity (Wildman–Crippen MR) is 73.7 cm³/mol. The normalized spacial score (nSPS) is 10.6. The molecule has 0 saturated heterocycles. The lowest BCUT2D eigenvalue weighted by molar-refractivity contribution is 0.0692. The highest BCUT2D eigenvalue weighted by Gasteiger charge is 2.15. The Kier molecular flexibility index (Phi) is 4.34. The summed E-state index contributed by atoms with van der Waals surface area (Å²) in [6, 6.07) is 7.41. The number of fused-ring (bicyclic) bond motifs is 1. The molecule has 0 atom stereocenters. The van der Waals surface area contributed by atoms with Crippen molar-refractivity contribution in [1.82, 2.24) is 4.98 Å². The molecule has 0 amide bonds. The number of para-hydroxylation sites is 1. The first kappa shape index (κ1) is 13.3. The van der Waals surface area contributed by atoms with E-state index in [2.05, 4.69) is 11.9 Å². The zero-order chi connectivity index (χ0) is 13.7. The summed E-state index contributed by atoms with van der Waals surface area (Å²) in [4.78, 5) is 15.4. The lowest BCUT2D eigenvalue weighted by Gasteiger charge is -2.11. The maximum Gasteiger partial charge on any atom is 0.341 e. The van der Waals surface area contributed by atoms with Gasteiger partial charge in [0.1, 0.15) is 11.3 Å². The number of ether oxygens (including phenoxy) is 1. The molecule has 1 heterocycles. The molecule has 1 N–H and O–H groups in total. The van der Waals surface area contributed by atoms with Gasteiger partial charge in [-0.1, -0.05) is 31.9 Å². The van der Waals surface area contributed by atoms with Crippen LogP contribution in [0.2, 0.25) is 0 Å². The molecule has 100 valence electrons. The maximum atomic E-state index is 11.2. The van der Waals surface area contributed by atoms with Crippen molar-refractivity contribution < 1.29 is 14.6 Å². The number of carboxylic acids is 1. The summed E-state index contributed by atoms with van der Waals surface area (Å²) in [5, 5.41) is 9.96. The van der Waals surface area contributed by atoms with E-state index in [-0.39, 0.29) is 5.56 Å². The third kappa shape index (κ3) is 3.02. The minimum atomic E-state index is -1.01. The van der Waals surface area contributed by atoms with Gasteiger partial charge in [0.25, 0.3) is 0 Å². The molecule has 19 heavy (non-hydrogen) atoms. The van der Waals surface area contributed by atoms with E-state index < -0.39 is 5.97 Å². The Labute approximate surface area is 112 Å². The van der Waals surface area contributed by atoms with Gasteiger partial charge < -0.3 is 9.84 Å². The summed E-state index contributed by atoms with van der Waals surface area (Å²) in [5.74, 6) is -0.585. The first-order valence-electron chi connectivity index (χ1n) is 6.48. The number of hydrogen-bond donors (Lipinski definition) is 1. The molecule has 1 aromatic carbocycles. The second-order valence-corrected chi connectivity index (χ2v) is 4.38. The van der Waals surface area contributed by atoms with Gasteiger partial charge >= 0.3 is 5.97 Å². The van der Waals surface area contributed by atoms with Crippen LogP contribution in [0.3, 0.4) is 0 Å². The van der Waals surface area contributed by atoms with Crippen molar-refractivity contribution in [1.29, 1.82) is 0 Å². The third-order valence-electron chi connectivity index (χ3n) is 2.95.